The number of primary amides is 1. The van der Waals surface area contributed by atoms with Crippen LogP contribution in [0.3, 0.4) is 0 Å². The van der Waals surface area contributed by atoms with Gasteiger partial charge < -0.3 is 11.1 Å². The Bertz CT molecular complexity index is 490. The number of anilines is 1. The van der Waals surface area contributed by atoms with Crippen molar-refractivity contribution in [1.82, 2.24) is 0 Å². The number of carbonyl (C=O) groups excluding carboxylic acids is 2. The van der Waals surface area contributed by atoms with Crippen molar-refractivity contribution >= 4 is 17.5 Å². The summed E-state index contributed by atoms with van der Waals surface area (Å²) in [5.74, 6) is 0.376. The Labute approximate surface area is 132 Å². The molecule has 1 aromatic rings. The molecule has 0 unspecified atom stereocenters. The van der Waals surface area contributed by atoms with Gasteiger partial charge >= 0.3 is 0 Å². The van der Waals surface area contributed by atoms with E-state index in [1.54, 1.807) is 0 Å². The minimum atomic E-state index is -0.307. The number of hydrogen-bond donors (Lipinski definition) is 2. The molecule has 120 valence electrons. The van der Waals surface area contributed by atoms with E-state index in [9.17, 15) is 9.59 Å². The van der Waals surface area contributed by atoms with Gasteiger partial charge in [0, 0.05) is 18.5 Å². The van der Waals surface area contributed by atoms with Crippen LogP contribution in [-0.4, -0.2) is 11.8 Å². The first kappa shape index (κ1) is 16.5. The summed E-state index contributed by atoms with van der Waals surface area (Å²) in [7, 11) is 0. The number of unbranched alkanes of at least 4 members (excludes halogenated alkanes) is 1. The highest BCUT2D eigenvalue weighted by Crippen LogP contribution is 2.32. The molecule has 0 aliphatic heterocycles. The maximum absolute atomic E-state index is 11.8. The summed E-state index contributed by atoms with van der Waals surface area (Å²) < 4.78 is 0. The second kappa shape index (κ2) is 8.57. The van der Waals surface area contributed by atoms with Gasteiger partial charge in [-0.2, -0.15) is 0 Å². The number of amides is 2. The van der Waals surface area contributed by atoms with E-state index in [-0.39, 0.29) is 11.8 Å². The molecule has 2 amide bonds. The summed E-state index contributed by atoms with van der Waals surface area (Å²) in [5.41, 5.74) is 7.30. The van der Waals surface area contributed by atoms with Gasteiger partial charge in [0.15, 0.2) is 0 Å². The molecule has 1 fully saturated rings. The molecule has 3 N–H and O–H groups in total. The van der Waals surface area contributed by atoms with Crippen molar-refractivity contribution in [3.63, 3.8) is 0 Å². The van der Waals surface area contributed by atoms with Crippen molar-refractivity contribution in [3.05, 3.63) is 29.8 Å². The van der Waals surface area contributed by atoms with Crippen LogP contribution in [0.5, 0.6) is 0 Å². The van der Waals surface area contributed by atoms with Crippen molar-refractivity contribution < 1.29 is 9.59 Å². The molecule has 0 aromatic heterocycles. The summed E-state index contributed by atoms with van der Waals surface area (Å²) in [6.45, 7) is 0. The predicted octanol–water partition coefficient (Wildman–Crippen LogP) is 3.72. The third-order valence-corrected chi connectivity index (χ3v) is 4.35. The van der Waals surface area contributed by atoms with Crippen LogP contribution in [0.4, 0.5) is 5.69 Å². The van der Waals surface area contributed by atoms with Crippen LogP contribution in [0, 0.1) is 0 Å². The Morgan fingerprint density at radius 3 is 2.27 bits per heavy atom. The lowest BCUT2D eigenvalue weighted by atomic mass is 9.84. The van der Waals surface area contributed by atoms with Crippen LogP contribution < -0.4 is 11.1 Å². The van der Waals surface area contributed by atoms with Gasteiger partial charge in [0.1, 0.15) is 0 Å². The molecule has 1 aromatic carbocycles. The van der Waals surface area contributed by atoms with Crippen molar-refractivity contribution in [2.75, 3.05) is 5.32 Å². The second-order valence-electron chi connectivity index (χ2n) is 6.18. The summed E-state index contributed by atoms with van der Waals surface area (Å²) >= 11 is 0. The van der Waals surface area contributed by atoms with E-state index in [4.69, 9.17) is 5.73 Å². The van der Waals surface area contributed by atoms with E-state index in [0.29, 0.717) is 31.6 Å². The van der Waals surface area contributed by atoms with Crippen LogP contribution in [0.25, 0.3) is 0 Å². The molecule has 1 saturated carbocycles. The normalized spacial score (nSPS) is 15.5. The number of nitrogens with one attached hydrogen (secondary N) is 1. The Hall–Kier alpha value is -1.84. The zero-order chi connectivity index (χ0) is 15.8. The van der Waals surface area contributed by atoms with Crippen molar-refractivity contribution in [1.29, 1.82) is 0 Å². The molecule has 0 bridgehead atoms. The standard InChI is InChI=1S/C18H26N2O2/c19-17(21)8-4-5-9-18(22)20-16-12-10-15(11-13-16)14-6-2-1-3-7-14/h10-14H,1-9H2,(H2,19,21)(H,20,22). The molecule has 0 atom stereocenters. The molecule has 0 spiro atoms. The van der Waals surface area contributed by atoms with E-state index < -0.39 is 0 Å². The van der Waals surface area contributed by atoms with Gasteiger partial charge in [0.05, 0.1) is 0 Å². The summed E-state index contributed by atoms with van der Waals surface area (Å²) in [6.07, 6.45) is 8.72. The van der Waals surface area contributed by atoms with Gasteiger partial charge in [-0.1, -0.05) is 31.4 Å². The van der Waals surface area contributed by atoms with Crippen molar-refractivity contribution in [2.24, 2.45) is 5.73 Å². The van der Waals surface area contributed by atoms with E-state index >= 15 is 0 Å². The highest BCUT2D eigenvalue weighted by Gasteiger charge is 2.15. The van der Waals surface area contributed by atoms with Crippen LogP contribution in [-0.2, 0) is 9.59 Å². The lowest BCUT2D eigenvalue weighted by molar-refractivity contribution is -0.119. The van der Waals surface area contributed by atoms with E-state index in [2.05, 4.69) is 17.4 Å². The zero-order valence-corrected chi connectivity index (χ0v) is 13.1. The van der Waals surface area contributed by atoms with Gasteiger partial charge in [-0.05, 0) is 49.3 Å². The first-order valence-electron chi connectivity index (χ1n) is 8.33. The molecule has 1 aliphatic carbocycles. The van der Waals surface area contributed by atoms with Crippen LogP contribution in [0.2, 0.25) is 0 Å². The van der Waals surface area contributed by atoms with Crippen LogP contribution in [0.1, 0.15) is 69.3 Å². The SMILES string of the molecule is NC(=O)CCCCC(=O)Nc1ccc(C2CCCCC2)cc1. The molecule has 4 nitrogen and oxygen atoms in total. The summed E-state index contributed by atoms with van der Waals surface area (Å²) in [4.78, 5) is 22.4. The largest absolute Gasteiger partial charge is 0.370 e. The van der Waals surface area contributed by atoms with Gasteiger partial charge in [-0.3, -0.25) is 9.59 Å². The number of rotatable bonds is 7. The first-order valence-corrected chi connectivity index (χ1v) is 8.33. The summed E-state index contributed by atoms with van der Waals surface area (Å²) in [6, 6.07) is 8.26. The van der Waals surface area contributed by atoms with Crippen molar-refractivity contribution in [2.45, 2.75) is 63.7 Å². The maximum Gasteiger partial charge on any atom is 0.224 e. The third-order valence-electron chi connectivity index (χ3n) is 4.35. The smallest absolute Gasteiger partial charge is 0.224 e. The average molecular weight is 302 g/mol. The van der Waals surface area contributed by atoms with Gasteiger partial charge in [-0.25, -0.2) is 0 Å². The number of nitrogens with two attached hydrogens (primary N) is 1. The third kappa shape index (κ3) is 5.51. The highest BCUT2D eigenvalue weighted by molar-refractivity contribution is 5.90. The molecule has 22 heavy (non-hydrogen) atoms. The number of carbonyl (C=O) groups is 2. The Morgan fingerprint density at radius 2 is 1.64 bits per heavy atom. The van der Waals surface area contributed by atoms with Crippen LogP contribution >= 0.6 is 0 Å². The maximum atomic E-state index is 11.8. The fourth-order valence-corrected chi connectivity index (χ4v) is 3.08. The fraction of sp³-hybridized carbons (Fsp3) is 0.556. The Morgan fingerprint density at radius 1 is 1.00 bits per heavy atom. The molecule has 1 aliphatic rings. The predicted molar refractivity (Wildman–Crippen MR) is 88.6 cm³/mol. The topological polar surface area (TPSA) is 72.2 Å². The van der Waals surface area contributed by atoms with E-state index in [1.807, 2.05) is 12.1 Å². The summed E-state index contributed by atoms with van der Waals surface area (Å²) in [5, 5.41) is 2.91. The molecule has 0 heterocycles. The molecule has 4 heteroatoms. The first-order chi connectivity index (χ1) is 10.6. The van der Waals surface area contributed by atoms with Gasteiger partial charge in [0.2, 0.25) is 11.8 Å². The fourth-order valence-electron chi connectivity index (χ4n) is 3.08. The highest BCUT2D eigenvalue weighted by atomic mass is 16.1. The molecule has 0 saturated heterocycles. The van der Waals surface area contributed by atoms with Gasteiger partial charge in [-0.15, -0.1) is 0 Å². The lowest BCUT2D eigenvalue weighted by Crippen LogP contribution is -2.13. The molecular weight excluding hydrogens is 276 g/mol. The molecular formula is C18H26N2O2. The van der Waals surface area contributed by atoms with Gasteiger partial charge in [0.25, 0.3) is 0 Å². The lowest BCUT2D eigenvalue weighted by Gasteiger charge is -2.22. The molecule has 0 radical (unpaired) electrons. The number of hydrogen-bond acceptors (Lipinski definition) is 2. The average Bonchev–Trinajstić information content (AvgIpc) is 2.53. The molecule has 2 rings (SSSR count). The second-order valence-corrected chi connectivity index (χ2v) is 6.18. The van der Waals surface area contributed by atoms with E-state index in [0.717, 1.165) is 5.69 Å². The van der Waals surface area contributed by atoms with E-state index in [1.165, 1.54) is 37.7 Å². The van der Waals surface area contributed by atoms with Crippen molar-refractivity contribution in [3.8, 4) is 0 Å². The minimum absolute atomic E-state index is 0.00473. The van der Waals surface area contributed by atoms with Crippen LogP contribution in [0.15, 0.2) is 24.3 Å². The number of benzene rings is 1. The quantitative estimate of drug-likeness (QED) is 0.753. The zero-order valence-electron chi connectivity index (χ0n) is 13.1. The monoisotopic (exact) mass is 302 g/mol. The Balaban J connectivity index is 1.75. The Kier molecular flexibility index (Phi) is 6.44. The minimum Gasteiger partial charge on any atom is -0.370 e.